The Morgan fingerprint density at radius 2 is 1.95 bits per heavy atom. The molecule has 1 N–H and O–H groups in total. The predicted octanol–water partition coefficient (Wildman–Crippen LogP) is 2.50. The topological polar surface area (TPSA) is 34.8 Å². The summed E-state index contributed by atoms with van der Waals surface area (Å²) in [5.41, 5.74) is 1.70. The Balaban J connectivity index is 0.00000200. The number of nitrogens with zero attached hydrogens (tertiary/aromatic N) is 3. The van der Waals surface area contributed by atoms with Crippen molar-refractivity contribution in [1.29, 1.82) is 0 Å². The van der Waals surface area contributed by atoms with Crippen molar-refractivity contribution < 1.29 is 13.2 Å². The van der Waals surface area contributed by atoms with Crippen molar-refractivity contribution in [2.45, 2.75) is 25.8 Å². The molecule has 0 saturated carbocycles. The lowest BCUT2D eigenvalue weighted by Gasteiger charge is -2.06. The Hall–Kier alpha value is -1.47. The summed E-state index contributed by atoms with van der Waals surface area (Å²) in [7, 11) is 1.94. The molecule has 0 bridgehead atoms. The molecule has 4 nitrogen and oxygen atoms in total. The molecule has 2 heterocycles. The third kappa shape index (κ3) is 4.90. The van der Waals surface area contributed by atoms with Gasteiger partial charge in [0.25, 0.3) is 0 Å². The second-order valence-electron chi connectivity index (χ2n) is 4.33. The molecule has 0 fully saturated rings. The Morgan fingerprint density at radius 1 is 1.20 bits per heavy atom. The van der Waals surface area contributed by atoms with Crippen LogP contribution in [-0.2, 0) is 26.7 Å². The maximum Gasteiger partial charge on any atom is 0.408 e. The van der Waals surface area contributed by atoms with E-state index in [1.807, 2.05) is 29.9 Å². The average molecular weight is 309 g/mol. The second-order valence-corrected chi connectivity index (χ2v) is 4.33. The highest BCUT2D eigenvalue weighted by Crippen LogP contribution is 2.16. The maximum atomic E-state index is 12.2. The largest absolute Gasteiger partial charge is 0.408 e. The van der Waals surface area contributed by atoms with Crippen LogP contribution in [0.4, 0.5) is 13.2 Å². The molecule has 20 heavy (non-hydrogen) atoms. The van der Waals surface area contributed by atoms with Crippen LogP contribution in [0.1, 0.15) is 11.4 Å². The van der Waals surface area contributed by atoms with E-state index in [4.69, 9.17) is 0 Å². The minimum Gasteiger partial charge on any atom is -0.353 e. The van der Waals surface area contributed by atoms with Crippen LogP contribution in [0.25, 0.3) is 0 Å². The van der Waals surface area contributed by atoms with Crippen LogP contribution < -0.4 is 5.32 Å². The lowest BCUT2D eigenvalue weighted by Crippen LogP contribution is -2.19. The van der Waals surface area contributed by atoms with Crippen LogP contribution in [-0.4, -0.2) is 20.5 Å². The smallest absolute Gasteiger partial charge is 0.353 e. The van der Waals surface area contributed by atoms with Gasteiger partial charge in [-0.2, -0.15) is 18.3 Å². The van der Waals surface area contributed by atoms with Crippen LogP contribution in [0.15, 0.2) is 30.6 Å². The van der Waals surface area contributed by atoms with Gasteiger partial charge in [-0.25, -0.2) is 0 Å². The molecule has 8 heteroatoms. The van der Waals surface area contributed by atoms with Crippen molar-refractivity contribution in [1.82, 2.24) is 19.7 Å². The molecule has 0 aliphatic rings. The number of rotatable bonds is 5. The highest BCUT2D eigenvalue weighted by Gasteiger charge is 2.28. The molecule has 0 unspecified atom stereocenters. The molecular formula is C12H16ClF3N4. The first-order valence-corrected chi connectivity index (χ1v) is 5.84. The maximum absolute atomic E-state index is 12.2. The van der Waals surface area contributed by atoms with Crippen molar-refractivity contribution in [2.24, 2.45) is 7.05 Å². The minimum atomic E-state index is -4.24. The Kier molecular flexibility index (Phi) is 5.64. The fourth-order valence-corrected chi connectivity index (χ4v) is 1.77. The van der Waals surface area contributed by atoms with E-state index in [2.05, 4.69) is 10.4 Å². The van der Waals surface area contributed by atoms with Gasteiger partial charge in [-0.05, 0) is 18.2 Å². The summed E-state index contributed by atoms with van der Waals surface area (Å²) < 4.78 is 39.3. The molecule has 2 aromatic rings. The molecule has 0 saturated heterocycles. The van der Waals surface area contributed by atoms with Crippen LogP contribution in [0.2, 0.25) is 0 Å². The Bertz CT molecular complexity index is 533. The SMILES string of the molecule is Cl.Cn1cccc1CNCc1ccn(CC(F)(F)F)n1. The highest BCUT2D eigenvalue weighted by atomic mass is 35.5. The van der Waals surface area contributed by atoms with E-state index < -0.39 is 12.7 Å². The molecule has 112 valence electrons. The number of alkyl halides is 3. The normalized spacial score (nSPS) is 11.4. The van der Waals surface area contributed by atoms with E-state index in [-0.39, 0.29) is 12.4 Å². The van der Waals surface area contributed by atoms with Crippen molar-refractivity contribution in [2.75, 3.05) is 0 Å². The molecule has 0 aliphatic heterocycles. The average Bonchev–Trinajstić information content (AvgIpc) is 2.87. The van der Waals surface area contributed by atoms with Gasteiger partial charge < -0.3 is 9.88 Å². The van der Waals surface area contributed by atoms with E-state index in [1.54, 1.807) is 6.07 Å². The summed E-state index contributed by atoms with van der Waals surface area (Å²) in [5, 5.41) is 7.01. The lowest BCUT2D eigenvalue weighted by molar-refractivity contribution is -0.142. The van der Waals surface area contributed by atoms with Gasteiger partial charge >= 0.3 is 6.18 Å². The van der Waals surface area contributed by atoms with Crippen molar-refractivity contribution in [3.63, 3.8) is 0 Å². The van der Waals surface area contributed by atoms with Gasteiger partial charge in [0.05, 0.1) is 5.69 Å². The summed E-state index contributed by atoms with van der Waals surface area (Å²) in [5.74, 6) is 0. The first kappa shape index (κ1) is 16.6. The number of halogens is 4. The summed E-state index contributed by atoms with van der Waals surface area (Å²) in [6, 6.07) is 5.51. The lowest BCUT2D eigenvalue weighted by atomic mass is 10.4. The molecule has 0 spiro atoms. The quantitative estimate of drug-likeness (QED) is 0.921. The summed E-state index contributed by atoms with van der Waals surface area (Å²) in [6.07, 6.45) is -0.956. The zero-order valence-electron chi connectivity index (χ0n) is 10.9. The van der Waals surface area contributed by atoms with Gasteiger partial charge in [0.2, 0.25) is 0 Å². The van der Waals surface area contributed by atoms with Crippen LogP contribution >= 0.6 is 12.4 Å². The molecule has 0 amide bonds. The number of hydrogen-bond donors (Lipinski definition) is 1. The van der Waals surface area contributed by atoms with E-state index >= 15 is 0 Å². The Morgan fingerprint density at radius 3 is 2.55 bits per heavy atom. The molecule has 0 aliphatic carbocycles. The summed E-state index contributed by atoms with van der Waals surface area (Å²) in [4.78, 5) is 0. The van der Waals surface area contributed by atoms with Crippen LogP contribution in [0.3, 0.4) is 0 Å². The third-order valence-electron chi connectivity index (χ3n) is 2.70. The zero-order chi connectivity index (χ0) is 13.9. The monoisotopic (exact) mass is 308 g/mol. The van der Waals surface area contributed by atoms with E-state index in [0.29, 0.717) is 18.8 Å². The highest BCUT2D eigenvalue weighted by molar-refractivity contribution is 5.85. The first-order chi connectivity index (χ1) is 8.94. The molecule has 0 aromatic carbocycles. The second kappa shape index (κ2) is 6.81. The van der Waals surface area contributed by atoms with Crippen LogP contribution in [0, 0.1) is 0 Å². The molecule has 2 aromatic heterocycles. The third-order valence-corrected chi connectivity index (χ3v) is 2.70. The number of aromatic nitrogens is 3. The molecule has 2 rings (SSSR count). The van der Waals surface area contributed by atoms with E-state index in [9.17, 15) is 13.2 Å². The molecule has 0 radical (unpaired) electrons. The number of hydrogen-bond acceptors (Lipinski definition) is 2. The summed E-state index contributed by atoms with van der Waals surface area (Å²) in [6.45, 7) is 0.0382. The number of aryl methyl sites for hydroxylation is 1. The Labute approximate surface area is 121 Å². The zero-order valence-corrected chi connectivity index (χ0v) is 11.7. The molecular weight excluding hydrogens is 293 g/mol. The van der Waals surface area contributed by atoms with Gasteiger partial charge in [0.15, 0.2) is 0 Å². The van der Waals surface area contributed by atoms with Crippen molar-refractivity contribution in [3.05, 3.63) is 42.0 Å². The standard InChI is InChI=1S/C12H15F3N4.ClH/c1-18-5-2-3-11(18)8-16-7-10-4-6-19(17-10)9-12(13,14)15;/h2-6,16H,7-9H2,1H3;1H. The minimum absolute atomic E-state index is 0. The summed E-state index contributed by atoms with van der Waals surface area (Å²) >= 11 is 0. The van der Waals surface area contributed by atoms with Gasteiger partial charge in [-0.15, -0.1) is 12.4 Å². The van der Waals surface area contributed by atoms with Crippen molar-refractivity contribution in [3.8, 4) is 0 Å². The van der Waals surface area contributed by atoms with Crippen molar-refractivity contribution >= 4 is 12.4 Å². The van der Waals surface area contributed by atoms with E-state index in [0.717, 1.165) is 10.4 Å². The molecule has 0 atom stereocenters. The van der Waals surface area contributed by atoms with Gasteiger partial charge in [0.1, 0.15) is 6.54 Å². The fraction of sp³-hybridized carbons (Fsp3) is 0.417. The fourth-order valence-electron chi connectivity index (χ4n) is 1.77. The predicted molar refractivity (Wildman–Crippen MR) is 71.5 cm³/mol. The van der Waals surface area contributed by atoms with Gasteiger partial charge in [0, 0.05) is 38.2 Å². The van der Waals surface area contributed by atoms with Gasteiger partial charge in [-0.1, -0.05) is 0 Å². The van der Waals surface area contributed by atoms with Gasteiger partial charge in [-0.3, -0.25) is 4.68 Å². The van der Waals surface area contributed by atoms with Crippen LogP contribution in [0.5, 0.6) is 0 Å². The first-order valence-electron chi connectivity index (χ1n) is 5.84. The number of nitrogens with one attached hydrogen (secondary N) is 1. The van der Waals surface area contributed by atoms with E-state index in [1.165, 1.54) is 6.20 Å².